The van der Waals surface area contributed by atoms with E-state index >= 15 is 0 Å². The smallest absolute Gasteiger partial charge is 0.356 e. The lowest BCUT2D eigenvalue weighted by Crippen LogP contribution is -2.23. The quantitative estimate of drug-likeness (QED) is 0.810. The third-order valence-corrected chi connectivity index (χ3v) is 4.73. The summed E-state index contributed by atoms with van der Waals surface area (Å²) in [5, 5.41) is 15.9. The van der Waals surface area contributed by atoms with E-state index in [2.05, 4.69) is 10.4 Å². The summed E-state index contributed by atoms with van der Waals surface area (Å²) < 4.78 is 1.52. The number of aromatic nitrogens is 2. The van der Waals surface area contributed by atoms with E-state index in [1.807, 2.05) is 24.3 Å². The number of hydrogen-bond acceptors (Lipinski definition) is 3. The number of carbonyl (C=O) groups is 2. The Morgan fingerprint density at radius 3 is 2.76 bits per heavy atom. The van der Waals surface area contributed by atoms with Gasteiger partial charge in [0.05, 0.1) is 5.69 Å². The van der Waals surface area contributed by atoms with Crippen LogP contribution in [0.1, 0.15) is 54.6 Å². The Hall–Kier alpha value is -2.63. The van der Waals surface area contributed by atoms with E-state index < -0.39 is 5.97 Å². The predicted molar refractivity (Wildman–Crippen MR) is 93.6 cm³/mol. The Morgan fingerprint density at radius 1 is 1.24 bits per heavy atom. The molecule has 6 heteroatoms. The molecule has 1 aromatic carbocycles. The first-order chi connectivity index (χ1) is 12.1. The maximum absolute atomic E-state index is 12.0. The summed E-state index contributed by atoms with van der Waals surface area (Å²) in [4.78, 5) is 22.9. The summed E-state index contributed by atoms with van der Waals surface area (Å²) in [5.74, 6) is -0.244. The SMILES string of the molecule is O=C(CCC1CCCC1)NCc1cccc(-n2ccc(C(=O)O)n2)c1. The number of rotatable bonds is 7. The number of carboxylic acids is 1. The molecule has 1 aliphatic rings. The minimum Gasteiger partial charge on any atom is -0.476 e. The lowest BCUT2D eigenvalue weighted by molar-refractivity contribution is -0.121. The first-order valence-corrected chi connectivity index (χ1v) is 8.77. The van der Waals surface area contributed by atoms with Crippen LogP contribution in [0.2, 0.25) is 0 Å². The molecule has 1 heterocycles. The Kier molecular flexibility index (Phi) is 5.48. The average molecular weight is 341 g/mol. The molecule has 0 radical (unpaired) electrons. The molecule has 2 aromatic rings. The van der Waals surface area contributed by atoms with E-state index in [1.54, 1.807) is 6.20 Å². The van der Waals surface area contributed by atoms with Crippen molar-refractivity contribution in [3.05, 3.63) is 47.8 Å². The van der Waals surface area contributed by atoms with Crippen molar-refractivity contribution in [2.24, 2.45) is 5.92 Å². The topological polar surface area (TPSA) is 84.2 Å². The van der Waals surface area contributed by atoms with E-state index in [-0.39, 0.29) is 11.6 Å². The van der Waals surface area contributed by atoms with Crippen LogP contribution in [0.25, 0.3) is 5.69 Å². The van der Waals surface area contributed by atoms with Crippen LogP contribution in [-0.4, -0.2) is 26.8 Å². The van der Waals surface area contributed by atoms with Crippen molar-refractivity contribution < 1.29 is 14.7 Å². The maximum atomic E-state index is 12.0. The van der Waals surface area contributed by atoms with Gasteiger partial charge < -0.3 is 10.4 Å². The molecule has 1 aromatic heterocycles. The number of carboxylic acid groups (broad SMARTS) is 1. The molecule has 0 atom stereocenters. The minimum atomic E-state index is -1.05. The number of hydrogen-bond donors (Lipinski definition) is 2. The van der Waals surface area contributed by atoms with Crippen molar-refractivity contribution >= 4 is 11.9 Å². The summed E-state index contributed by atoms with van der Waals surface area (Å²) in [6.45, 7) is 0.463. The fourth-order valence-electron chi connectivity index (χ4n) is 3.31. The number of amides is 1. The molecular weight excluding hydrogens is 318 g/mol. The standard InChI is InChI=1S/C19H23N3O3/c23-18(9-8-14-4-1-2-5-14)20-13-15-6-3-7-16(12-15)22-11-10-17(21-22)19(24)25/h3,6-7,10-12,14H,1-2,4-5,8-9,13H2,(H,20,23)(H,24,25). The molecule has 0 unspecified atom stereocenters. The zero-order valence-corrected chi connectivity index (χ0v) is 14.1. The third-order valence-electron chi connectivity index (χ3n) is 4.73. The van der Waals surface area contributed by atoms with Crippen LogP contribution in [0.5, 0.6) is 0 Å². The van der Waals surface area contributed by atoms with E-state index in [9.17, 15) is 9.59 Å². The van der Waals surface area contributed by atoms with E-state index in [0.29, 0.717) is 13.0 Å². The van der Waals surface area contributed by atoms with Gasteiger partial charge in [-0.2, -0.15) is 5.10 Å². The predicted octanol–water partition coefficient (Wildman–Crippen LogP) is 3.16. The van der Waals surface area contributed by atoms with Gasteiger partial charge in [0.15, 0.2) is 5.69 Å². The third kappa shape index (κ3) is 4.68. The van der Waals surface area contributed by atoms with Crippen LogP contribution in [0.4, 0.5) is 0 Å². The van der Waals surface area contributed by atoms with Gasteiger partial charge in [0.1, 0.15) is 0 Å². The maximum Gasteiger partial charge on any atom is 0.356 e. The van der Waals surface area contributed by atoms with Gasteiger partial charge in [-0.05, 0) is 36.1 Å². The molecule has 0 saturated heterocycles. The van der Waals surface area contributed by atoms with Crippen molar-refractivity contribution in [2.45, 2.75) is 45.1 Å². The molecule has 2 N–H and O–H groups in total. The summed E-state index contributed by atoms with van der Waals surface area (Å²) in [6.07, 6.45) is 8.31. The van der Waals surface area contributed by atoms with Crippen molar-refractivity contribution in [3.8, 4) is 5.69 Å². The first kappa shape index (κ1) is 17.2. The number of nitrogens with zero attached hydrogens (tertiary/aromatic N) is 2. The second kappa shape index (κ2) is 7.96. The van der Waals surface area contributed by atoms with Gasteiger partial charge in [-0.1, -0.05) is 37.8 Å². The lowest BCUT2D eigenvalue weighted by Gasteiger charge is -2.10. The second-order valence-electron chi connectivity index (χ2n) is 6.59. The van der Waals surface area contributed by atoms with Gasteiger partial charge in [0.25, 0.3) is 0 Å². The molecule has 0 bridgehead atoms. The number of nitrogens with one attached hydrogen (secondary N) is 1. The lowest BCUT2D eigenvalue weighted by atomic mass is 10.0. The van der Waals surface area contributed by atoms with Gasteiger partial charge in [0, 0.05) is 19.2 Å². The van der Waals surface area contributed by atoms with Crippen LogP contribution in [0.3, 0.4) is 0 Å². The number of benzene rings is 1. The summed E-state index contributed by atoms with van der Waals surface area (Å²) >= 11 is 0. The van der Waals surface area contributed by atoms with Crippen LogP contribution in [-0.2, 0) is 11.3 Å². The summed E-state index contributed by atoms with van der Waals surface area (Å²) in [7, 11) is 0. The van der Waals surface area contributed by atoms with E-state index in [1.165, 1.54) is 36.4 Å². The molecule has 1 aliphatic carbocycles. The van der Waals surface area contributed by atoms with Gasteiger partial charge in [-0.15, -0.1) is 0 Å². The molecule has 25 heavy (non-hydrogen) atoms. The van der Waals surface area contributed by atoms with Crippen molar-refractivity contribution in [3.63, 3.8) is 0 Å². The molecule has 1 amide bonds. The van der Waals surface area contributed by atoms with Crippen LogP contribution >= 0.6 is 0 Å². The average Bonchev–Trinajstić information content (AvgIpc) is 3.30. The highest BCUT2D eigenvalue weighted by Crippen LogP contribution is 2.28. The number of carbonyl (C=O) groups excluding carboxylic acids is 1. The fourth-order valence-corrected chi connectivity index (χ4v) is 3.31. The van der Waals surface area contributed by atoms with Crippen LogP contribution in [0, 0.1) is 5.92 Å². The minimum absolute atomic E-state index is 0.00520. The van der Waals surface area contributed by atoms with Crippen molar-refractivity contribution in [2.75, 3.05) is 0 Å². The van der Waals surface area contributed by atoms with Crippen molar-refractivity contribution in [1.29, 1.82) is 0 Å². The highest BCUT2D eigenvalue weighted by atomic mass is 16.4. The monoisotopic (exact) mass is 341 g/mol. The molecule has 0 spiro atoms. The molecule has 1 fully saturated rings. The van der Waals surface area contributed by atoms with Crippen LogP contribution in [0.15, 0.2) is 36.5 Å². The first-order valence-electron chi connectivity index (χ1n) is 8.77. The van der Waals surface area contributed by atoms with Gasteiger partial charge in [0.2, 0.25) is 5.91 Å². The number of aromatic carboxylic acids is 1. The molecule has 6 nitrogen and oxygen atoms in total. The highest BCUT2D eigenvalue weighted by molar-refractivity contribution is 5.85. The molecule has 132 valence electrons. The fraction of sp³-hybridized carbons (Fsp3) is 0.421. The Bertz CT molecular complexity index is 748. The Balaban J connectivity index is 1.54. The second-order valence-corrected chi connectivity index (χ2v) is 6.59. The molecule has 3 rings (SSSR count). The van der Waals surface area contributed by atoms with Gasteiger partial charge in [-0.3, -0.25) is 4.79 Å². The van der Waals surface area contributed by atoms with Crippen molar-refractivity contribution in [1.82, 2.24) is 15.1 Å². The van der Waals surface area contributed by atoms with Crippen LogP contribution < -0.4 is 5.32 Å². The normalized spacial score (nSPS) is 14.6. The Labute approximate surface area is 146 Å². The summed E-state index contributed by atoms with van der Waals surface area (Å²) in [5.41, 5.74) is 1.73. The largest absolute Gasteiger partial charge is 0.476 e. The molecular formula is C19H23N3O3. The molecule has 1 saturated carbocycles. The van der Waals surface area contributed by atoms with E-state index in [4.69, 9.17) is 5.11 Å². The zero-order chi connectivity index (χ0) is 17.6. The van der Waals surface area contributed by atoms with E-state index in [0.717, 1.165) is 23.6 Å². The Morgan fingerprint density at radius 2 is 2.04 bits per heavy atom. The zero-order valence-electron chi connectivity index (χ0n) is 14.1. The van der Waals surface area contributed by atoms with Gasteiger partial charge in [-0.25, -0.2) is 9.48 Å². The highest BCUT2D eigenvalue weighted by Gasteiger charge is 2.16. The summed E-state index contributed by atoms with van der Waals surface area (Å²) in [6, 6.07) is 9.01. The van der Waals surface area contributed by atoms with Gasteiger partial charge >= 0.3 is 5.97 Å². The molecule has 0 aliphatic heterocycles.